The highest BCUT2D eigenvalue weighted by molar-refractivity contribution is 7.14. The van der Waals surface area contributed by atoms with Gasteiger partial charge in [0.15, 0.2) is 6.10 Å². The molecular formula is C18H15N3O4S. The van der Waals surface area contributed by atoms with Crippen molar-refractivity contribution < 1.29 is 19.1 Å². The normalized spacial score (nSPS) is 11.7. The molecule has 132 valence electrons. The summed E-state index contributed by atoms with van der Waals surface area (Å²) in [5, 5.41) is 5.38. The second-order valence-electron chi connectivity index (χ2n) is 5.45. The van der Waals surface area contributed by atoms with Crippen LogP contribution in [0.5, 0.6) is 0 Å². The van der Waals surface area contributed by atoms with Gasteiger partial charge in [-0.05, 0) is 30.5 Å². The number of benzene rings is 1. The molecule has 0 radical (unpaired) electrons. The molecule has 26 heavy (non-hydrogen) atoms. The number of aromatic nitrogens is 1. The second-order valence-corrected chi connectivity index (χ2v) is 6.37. The van der Waals surface area contributed by atoms with Crippen molar-refractivity contribution in [3.63, 3.8) is 0 Å². The summed E-state index contributed by atoms with van der Waals surface area (Å²) in [6.45, 7) is 1.44. The number of nitrogens with zero attached hydrogens (tertiary/aromatic N) is 1. The van der Waals surface area contributed by atoms with Crippen LogP contribution >= 0.6 is 11.3 Å². The first-order valence-corrected chi connectivity index (χ1v) is 8.58. The van der Waals surface area contributed by atoms with Crippen molar-refractivity contribution in [2.24, 2.45) is 5.73 Å². The fourth-order valence-electron chi connectivity index (χ4n) is 2.27. The maximum Gasteiger partial charge on any atom is 0.357 e. The standard InChI is InChI=1S/C18H15N3O4S/c1-10(16(23)21-17-12(15(19)22)8-9-26-17)25-18(24)14-7-6-11-4-2-3-5-13(11)20-14/h2-10H,1H3,(H2,19,22)(H,21,23)/t10-/m0/s1. The first-order valence-electron chi connectivity index (χ1n) is 7.70. The smallest absolute Gasteiger partial charge is 0.357 e. The Bertz CT molecular complexity index is 999. The van der Waals surface area contributed by atoms with Crippen molar-refractivity contribution in [1.29, 1.82) is 0 Å². The molecule has 2 aromatic heterocycles. The van der Waals surface area contributed by atoms with Crippen LogP contribution in [0, 0.1) is 0 Å². The van der Waals surface area contributed by atoms with Gasteiger partial charge in [-0.25, -0.2) is 9.78 Å². The van der Waals surface area contributed by atoms with Gasteiger partial charge in [-0.3, -0.25) is 9.59 Å². The van der Waals surface area contributed by atoms with Crippen LogP contribution in [0.2, 0.25) is 0 Å². The number of hydrogen-bond acceptors (Lipinski definition) is 6. The van der Waals surface area contributed by atoms with E-state index in [-0.39, 0.29) is 11.3 Å². The van der Waals surface area contributed by atoms with Gasteiger partial charge in [0, 0.05) is 5.39 Å². The number of pyridine rings is 1. The number of anilines is 1. The summed E-state index contributed by atoms with van der Waals surface area (Å²) in [7, 11) is 0. The van der Waals surface area contributed by atoms with E-state index < -0.39 is 23.9 Å². The number of ether oxygens (including phenoxy) is 1. The molecule has 0 fully saturated rings. The molecule has 2 amide bonds. The van der Waals surface area contributed by atoms with Gasteiger partial charge in [0.05, 0.1) is 11.1 Å². The van der Waals surface area contributed by atoms with Gasteiger partial charge in [-0.15, -0.1) is 11.3 Å². The topological polar surface area (TPSA) is 111 Å². The van der Waals surface area contributed by atoms with E-state index in [2.05, 4.69) is 10.3 Å². The molecule has 0 aliphatic rings. The fourth-order valence-corrected chi connectivity index (χ4v) is 3.06. The Morgan fingerprint density at radius 3 is 2.69 bits per heavy atom. The molecule has 3 N–H and O–H groups in total. The number of rotatable bonds is 5. The maximum atomic E-state index is 12.2. The minimum Gasteiger partial charge on any atom is -0.448 e. The number of hydrogen-bond donors (Lipinski definition) is 2. The molecule has 0 saturated heterocycles. The van der Waals surface area contributed by atoms with Crippen LogP contribution in [-0.4, -0.2) is 28.9 Å². The lowest BCUT2D eigenvalue weighted by atomic mass is 10.2. The number of thiophene rings is 1. The van der Waals surface area contributed by atoms with E-state index in [0.717, 1.165) is 16.7 Å². The van der Waals surface area contributed by atoms with Crippen molar-refractivity contribution in [3.8, 4) is 0 Å². The monoisotopic (exact) mass is 369 g/mol. The van der Waals surface area contributed by atoms with E-state index in [4.69, 9.17) is 10.5 Å². The zero-order chi connectivity index (χ0) is 18.7. The molecule has 0 unspecified atom stereocenters. The second kappa shape index (κ2) is 7.32. The Balaban J connectivity index is 1.68. The Morgan fingerprint density at radius 2 is 1.92 bits per heavy atom. The van der Waals surface area contributed by atoms with Crippen LogP contribution in [0.25, 0.3) is 10.9 Å². The Morgan fingerprint density at radius 1 is 1.15 bits per heavy atom. The van der Waals surface area contributed by atoms with Gasteiger partial charge < -0.3 is 15.8 Å². The third-order valence-corrected chi connectivity index (χ3v) is 4.46. The number of primary amides is 1. The molecule has 0 saturated carbocycles. The van der Waals surface area contributed by atoms with E-state index in [1.54, 1.807) is 23.6 Å². The van der Waals surface area contributed by atoms with Crippen molar-refractivity contribution in [2.45, 2.75) is 13.0 Å². The quantitative estimate of drug-likeness (QED) is 0.672. The van der Waals surface area contributed by atoms with E-state index in [1.165, 1.54) is 13.0 Å². The van der Waals surface area contributed by atoms with Crippen LogP contribution in [0.3, 0.4) is 0 Å². The van der Waals surface area contributed by atoms with E-state index in [0.29, 0.717) is 10.5 Å². The summed E-state index contributed by atoms with van der Waals surface area (Å²) >= 11 is 1.15. The highest BCUT2D eigenvalue weighted by Crippen LogP contribution is 2.23. The fraction of sp³-hybridized carbons (Fsp3) is 0.111. The molecule has 3 aromatic rings. The van der Waals surface area contributed by atoms with E-state index in [9.17, 15) is 14.4 Å². The Kier molecular flexibility index (Phi) is 4.94. The average molecular weight is 369 g/mol. The lowest BCUT2D eigenvalue weighted by molar-refractivity contribution is -0.123. The molecule has 3 rings (SSSR count). The van der Waals surface area contributed by atoms with E-state index in [1.807, 2.05) is 18.2 Å². The van der Waals surface area contributed by atoms with Crippen LogP contribution < -0.4 is 11.1 Å². The van der Waals surface area contributed by atoms with Crippen molar-refractivity contribution >= 4 is 45.0 Å². The highest BCUT2D eigenvalue weighted by atomic mass is 32.1. The number of amides is 2. The lowest BCUT2D eigenvalue weighted by Crippen LogP contribution is -2.30. The van der Waals surface area contributed by atoms with Crippen molar-refractivity contribution in [3.05, 3.63) is 59.1 Å². The maximum absolute atomic E-state index is 12.2. The number of carbonyl (C=O) groups is 3. The van der Waals surface area contributed by atoms with Gasteiger partial charge in [-0.2, -0.15) is 0 Å². The molecule has 0 spiro atoms. The number of nitrogens with one attached hydrogen (secondary N) is 1. The first-order chi connectivity index (χ1) is 12.5. The summed E-state index contributed by atoms with van der Waals surface area (Å²) in [5.74, 6) is -1.92. The highest BCUT2D eigenvalue weighted by Gasteiger charge is 2.22. The van der Waals surface area contributed by atoms with Gasteiger partial charge in [0.1, 0.15) is 10.7 Å². The SMILES string of the molecule is C[C@H](OC(=O)c1ccc2ccccc2n1)C(=O)Nc1sccc1C(N)=O. The molecule has 7 nitrogen and oxygen atoms in total. The van der Waals surface area contributed by atoms with Crippen LogP contribution in [0.4, 0.5) is 5.00 Å². The third-order valence-electron chi connectivity index (χ3n) is 3.63. The molecule has 0 bridgehead atoms. The summed E-state index contributed by atoms with van der Waals surface area (Å²) in [4.78, 5) is 40.0. The van der Waals surface area contributed by atoms with Crippen LogP contribution in [0.15, 0.2) is 47.8 Å². The van der Waals surface area contributed by atoms with Crippen LogP contribution in [0.1, 0.15) is 27.8 Å². The summed E-state index contributed by atoms with van der Waals surface area (Å²) < 4.78 is 5.17. The molecule has 1 aromatic carbocycles. The number of esters is 1. The number of fused-ring (bicyclic) bond motifs is 1. The molecule has 0 aliphatic heterocycles. The van der Waals surface area contributed by atoms with Gasteiger partial charge in [-0.1, -0.05) is 24.3 Å². The van der Waals surface area contributed by atoms with Gasteiger partial charge in [0.2, 0.25) is 0 Å². The molecule has 2 heterocycles. The van der Waals surface area contributed by atoms with Gasteiger partial charge >= 0.3 is 5.97 Å². The average Bonchev–Trinajstić information content (AvgIpc) is 3.09. The Hall–Kier alpha value is -3.26. The summed E-state index contributed by atoms with van der Waals surface area (Å²) in [5.41, 5.74) is 6.21. The number of nitrogens with two attached hydrogens (primary N) is 1. The lowest BCUT2D eigenvalue weighted by Gasteiger charge is -2.13. The predicted molar refractivity (Wildman–Crippen MR) is 98.1 cm³/mol. The van der Waals surface area contributed by atoms with Crippen molar-refractivity contribution in [2.75, 3.05) is 5.32 Å². The first kappa shape index (κ1) is 17.6. The molecule has 1 atom stereocenters. The van der Waals surface area contributed by atoms with Crippen LogP contribution in [-0.2, 0) is 9.53 Å². The zero-order valence-electron chi connectivity index (χ0n) is 13.8. The van der Waals surface area contributed by atoms with Crippen molar-refractivity contribution in [1.82, 2.24) is 4.98 Å². The number of carbonyl (C=O) groups excluding carboxylic acids is 3. The molecular weight excluding hydrogens is 354 g/mol. The third kappa shape index (κ3) is 3.70. The number of para-hydroxylation sites is 1. The predicted octanol–water partition coefficient (Wildman–Crippen LogP) is 2.58. The minimum atomic E-state index is -1.07. The minimum absolute atomic E-state index is 0.109. The largest absolute Gasteiger partial charge is 0.448 e. The Labute approximate surface area is 152 Å². The molecule has 0 aliphatic carbocycles. The zero-order valence-corrected chi connectivity index (χ0v) is 14.6. The molecule has 8 heteroatoms. The van der Waals surface area contributed by atoms with Gasteiger partial charge in [0.25, 0.3) is 11.8 Å². The summed E-state index contributed by atoms with van der Waals surface area (Å²) in [6, 6.07) is 12.2. The summed E-state index contributed by atoms with van der Waals surface area (Å²) in [6.07, 6.45) is -1.07. The van der Waals surface area contributed by atoms with E-state index >= 15 is 0 Å².